The predicted molar refractivity (Wildman–Crippen MR) is 129 cm³/mol. The SMILES string of the molecule is COc1ccc(C(C)=O)cc1CSCC(=O)NCC(c1cccs1)N1CCC(C)CC1. The van der Waals surface area contributed by atoms with E-state index in [9.17, 15) is 9.59 Å². The number of amides is 1. The zero-order chi connectivity index (χ0) is 22.2. The molecule has 168 valence electrons. The van der Waals surface area contributed by atoms with Crippen LogP contribution < -0.4 is 10.1 Å². The molecule has 1 N–H and O–H groups in total. The van der Waals surface area contributed by atoms with Gasteiger partial charge >= 0.3 is 0 Å². The Hall–Kier alpha value is -1.83. The molecule has 1 saturated heterocycles. The van der Waals surface area contributed by atoms with Crippen LogP contribution in [0.4, 0.5) is 0 Å². The first-order chi connectivity index (χ1) is 15.0. The Balaban J connectivity index is 1.52. The number of hydrogen-bond donors (Lipinski definition) is 1. The maximum absolute atomic E-state index is 12.5. The highest BCUT2D eigenvalue weighted by Gasteiger charge is 2.25. The molecule has 31 heavy (non-hydrogen) atoms. The van der Waals surface area contributed by atoms with E-state index in [-0.39, 0.29) is 17.7 Å². The molecule has 1 aliphatic rings. The number of Topliss-reactive ketones (excluding diaryl/α,β-unsaturated/α-hetero) is 1. The van der Waals surface area contributed by atoms with Crippen molar-refractivity contribution in [1.29, 1.82) is 0 Å². The van der Waals surface area contributed by atoms with Crippen molar-refractivity contribution < 1.29 is 14.3 Å². The van der Waals surface area contributed by atoms with Gasteiger partial charge in [0.1, 0.15) is 5.75 Å². The van der Waals surface area contributed by atoms with E-state index >= 15 is 0 Å². The number of nitrogens with one attached hydrogen (secondary N) is 1. The van der Waals surface area contributed by atoms with E-state index in [0.717, 1.165) is 30.3 Å². The lowest BCUT2D eigenvalue weighted by Gasteiger charge is -2.36. The van der Waals surface area contributed by atoms with Crippen LogP contribution >= 0.6 is 23.1 Å². The molecule has 1 amide bonds. The maximum Gasteiger partial charge on any atom is 0.230 e. The Labute approximate surface area is 193 Å². The molecule has 1 aliphatic heterocycles. The van der Waals surface area contributed by atoms with Crippen molar-refractivity contribution in [2.45, 2.75) is 38.5 Å². The van der Waals surface area contributed by atoms with Crippen LogP contribution in [0.5, 0.6) is 5.75 Å². The standard InChI is InChI=1S/C24H32N2O3S2/c1-17-8-10-26(11-9-17)21(23-5-4-12-31-23)14-25-24(28)16-30-15-20-13-19(18(2)27)6-7-22(20)29-3/h4-7,12-13,17,21H,8-11,14-16H2,1-3H3,(H,25,28). The molecule has 2 aromatic rings. The minimum atomic E-state index is 0.0263. The summed E-state index contributed by atoms with van der Waals surface area (Å²) in [6.07, 6.45) is 2.43. The lowest BCUT2D eigenvalue weighted by molar-refractivity contribution is -0.118. The fraction of sp³-hybridized carbons (Fsp3) is 0.500. The van der Waals surface area contributed by atoms with Crippen LogP contribution in [0.25, 0.3) is 0 Å². The van der Waals surface area contributed by atoms with Gasteiger partial charge in [0.25, 0.3) is 0 Å². The van der Waals surface area contributed by atoms with Crippen molar-refractivity contribution in [3.05, 3.63) is 51.7 Å². The number of carbonyl (C=O) groups excluding carboxylic acids is 2. The molecule has 0 radical (unpaired) electrons. The van der Waals surface area contributed by atoms with Gasteiger partial charge in [0.15, 0.2) is 5.78 Å². The van der Waals surface area contributed by atoms with E-state index in [4.69, 9.17) is 4.74 Å². The highest BCUT2D eigenvalue weighted by atomic mass is 32.2. The lowest BCUT2D eigenvalue weighted by Crippen LogP contribution is -2.42. The molecule has 0 spiro atoms. The summed E-state index contributed by atoms with van der Waals surface area (Å²) >= 11 is 3.30. The summed E-state index contributed by atoms with van der Waals surface area (Å²) in [7, 11) is 1.62. The maximum atomic E-state index is 12.5. The van der Waals surface area contributed by atoms with Gasteiger partial charge in [-0.1, -0.05) is 13.0 Å². The molecule has 1 fully saturated rings. The van der Waals surface area contributed by atoms with Crippen molar-refractivity contribution in [2.75, 3.05) is 32.5 Å². The fourth-order valence-corrected chi connectivity index (χ4v) is 5.55. The zero-order valence-electron chi connectivity index (χ0n) is 18.6. The number of thiophene rings is 1. The van der Waals surface area contributed by atoms with Gasteiger partial charge in [0.05, 0.1) is 18.9 Å². The van der Waals surface area contributed by atoms with Gasteiger partial charge in [-0.2, -0.15) is 0 Å². The number of ether oxygens (including phenoxy) is 1. The molecule has 1 aromatic carbocycles. The minimum absolute atomic E-state index is 0.0263. The largest absolute Gasteiger partial charge is 0.496 e. The number of thioether (sulfide) groups is 1. The third kappa shape index (κ3) is 6.82. The lowest BCUT2D eigenvalue weighted by atomic mass is 9.97. The first-order valence-corrected chi connectivity index (χ1v) is 12.8. The van der Waals surface area contributed by atoms with E-state index in [1.165, 1.54) is 29.5 Å². The van der Waals surface area contributed by atoms with E-state index in [2.05, 4.69) is 34.7 Å². The minimum Gasteiger partial charge on any atom is -0.496 e. The monoisotopic (exact) mass is 460 g/mol. The second-order valence-electron chi connectivity index (χ2n) is 8.13. The first kappa shape index (κ1) is 23.8. The molecule has 0 saturated carbocycles. The van der Waals surface area contributed by atoms with Gasteiger partial charge in [0.2, 0.25) is 5.91 Å². The molecule has 0 aliphatic carbocycles. The number of ketones is 1. The Bertz CT molecular complexity index is 862. The highest BCUT2D eigenvalue weighted by molar-refractivity contribution is 7.99. The van der Waals surface area contributed by atoms with Crippen molar-refractivity contribution in [2.24, 2.45) is 5.92 Å². The van der Waals surface area contributed by atoms with E-state index in [1.807, 2.05) is 12.1 Å². The number of piperidine rings is 1. The van der Waals surface area contributed by atoms with E-state index in [0.29, 0.717) is 23.6 Å². The second-order valence-corrected chi connectivity index (χ2v) is 10.1. The molecule has 2 heterocycles. The molecule has 1 aromatic heterocycles. The molecule has 3 rings (SSSR count). The van der Waals surface area contributed by atoms with Crippen LogP contribution in [0.3, 0.4) is 0 Å². The Morgan fingerprint density at radius 1 is 1.29 bits per heavy atom. The van der Waals surface area contributed by atoms with Gasteiger partial charge in [-0.05, 0) is 68.4 Å². The van der Waals surface area contributed by atoms with Crippen LogP contribution in [-0.2, 0) is 10.5 Å². The Morgan fingerprint density at radius 2 is 2.06 bits per heavy atom. The van der Waals surface area contributed by atoms with Crippen LogP contribution in [0, 0.1) is 5.92 Å². The number of rotatable bonds is 10. The van der Waals surface area contributed by atoms with Gasteiger partial charge < -0.3 is 10.1 Å². The zero-order valence-corrected chi connectivity index (χ0v) is 20.2. The summed E-state index contributed by atoms with van der Waals surface area (Å²) in [5.74, 6) is 2.59. The smallest absolute Gasteiger partial charge is 0.230 e. The molecule has 0 bridgehead atoms. The van der Waals surface area contributed by atoms with E-state index < -0.39 is 0 Å². The summed E-state index contributed by atoms with van der Waals surface area (Å²) in [6, 6.07) is 9.94. The van der Waals surface area contributed by atoms with Gasteiger partial charge in [0, 0.05) is 28.3 Å². The number of carbonyl (C=O) groups is 2. The average molecular weight is 461 g/mol. The Morgan fingerprint density at radius 3 is 2.71 bits per heavy atom. The van der Waals surface area contributed by atoms with E-state index in [1.54, 1.807) is 31.4 Å². The van der Waals surface area contributed by atoms with Crippen LogP contribution in [0.15, 0.2) is 35.7 Å². The van der Waals surface area contributed by atoms with Crippen LogP contribution in [-0.4, -0.2) is 49.1 Å². The number of nitrogens with zero attached hydrogens (tertiary/aromatic N) is 1. The molecular weight excluding hydrogens is 428 g/mol. The first-order valence-electron chi connectivity index (χ1n) is 10.8. The van der Waals surface area contributed by atoms with Crippen molar-refractivity contribution in [1.82, 2.24) is 10.2 Å². The van der Waals surface area contributed by atoms with Crippen LogP contribution in [0.1, 0.15) is 53.5 Å². The van der Waals surface area contributed by atoms with Gasteiger partial charge in [-0.15, -0.1) is 23.1 Å². The fourth-order valence-electron chi connectivity index (χ4n) is 3.86. The second kappa shape index (κ2) is 11.7. The highest BCUT2D eigenvalue weighted by Crippen LogP contribution is 2.29. The summed E-state index contributed by atoms with van der Waals surface area (Å²) in [6.45, 7) is 6.68. The third-order valence-electron chi connectivity index (χ3n) is 5.80. The normalized spacial score (nSPS) is 16.1. The molecule has 1 atom stereocenters. The van der Waals surface area contributed by atoms with Gasteiger partial charge in [-0.3, -0.25) is 14.5 Å². The van der Waals surface area contributed by atoms with Crippen molar-refractivity contribution in [3.63, 3.8) is 0 Å². The van der Waals surface area contributed by atoms with Crippen molar-refractivity contribution >= 4 is 34.8 Å². The number of likely N-dealkylation sites (tertiary alicyclic amines) is 1. The summed E-state index contributed by atoms with van der Waals surface area (Å²) < 4.78 is 5.40. The third-order valence-corrected chi connectivity index (χ3v) is 7.76. The molecule has 1 unspecified atom stereocenters. The number of methoxy groups -OCH3 is 1. The molecular formula is C24H32N2O3S2. The predicted octanol–water partition coefficient (Wildman–Crippen LogP) is 4.78. The van der Waals surface area contributed by atoms with Crippen LogP contribution in [0.2, 0.25) is 0 Å². The number of hydrogen-bond acceptors (Lipinski definition) is 6. The van der Waals surface area contributed by atoms with Crippen molar-refractivity contribution in [3.8, 4) is 5.75 Å². The summed E-state index contributed by atoms with van der Waals surface area (Å²) in [4.78, 5) is 28.0. The molecule has 5 nitrogen and oxygen atoms in total. The summed E-state index contributed by atoms with van der Waals surface area (Å²) in [5.41, 5.74) is 1.60. The molecule has 7 heteroatoms. The number of benzene rings is 1. The Kier molecular flexibility index (Phi) is 8.99. The topological polar surface area (TPSA) is 58.6 Å². The summed E-state index contributed by atoms with van der Waals surface area (Å²) in [5, 5.41) is 5.25. The average Bonchev–Trinajstić information content (AvgIpc) is 3.29. The quantitative estimate of drug-likeness (QED) is 0.517. The van der Waals surface area contributed by atoms with Gasteiger partial charge in [-0.25, -0.2) is 0 Å².